The van der Waals surface area contributed by atoms with Crippen molar-refractivity contribution in [3.05, 3.63) is 50.0 Å². The molecule has 4 rings (SSSR count). The third-order valence-corrected chi connectivity index (χ3v) is 7.56. The third kappa shape index (κ3) is 5.66. The minimum atomic E-state index is -0.228. The lowest BCUT2D eigenvalue weighted by molar-refractivity contribution is -0.113. The van der Waals surface area contributed by atoms with E-state index in [9.17, 15) is 9.59 Å². The van der Waals surface area contributed by atoms with E-state index in [1.54, 1.807) is 18.2 Å². The van der Waals surface area contributed by atoms with E-state index in [4.69, 9.17) is 27.9 Å². The van der Waals surface area contributed by atoms with Crippen LogP contribution in [0.25, 0.3) is 0 Å². The molecule has 1 N–H and O–H groups in total. The van der Waals surface area contributed by atoms with Crippen LogP contribution in [0, 0.1) is 0 Å². The Morgan fingerprint density at radius 3 is 2.81 bits per heavy atom. The monoisotopic (exact) mass is 496 g/mol. The van der Waals surface area contributed by atoms with Gasteiger partial charge in [-0.2, -0.15) is 4.98 Å². The van der Waals surface area contributed by atoms with Crippen molar-refractivity contribution in [1.82, 2.24) is 14.5 Å². The normalized spacial score (nSPS) is 16.2. The first-order valence-corrected chi connectivity index (χ1v) is 12.6. The number of hydrogen-bond donors (Lipinski definition) is 1. The highest BCUT2D eigenvalue weighted by Gasteiger charge is 2.23. The van der Waals surface area contributed by atoms with Gasteiger partial charge in [0.1, 0.15) is 5.03 Å². The number of rotatable bonds is 8. The Labute approximate surface area is 201 Å². The summed E-state index contributed by atoms with van der Waals surface area (Å²) in [7, 11) is 0. The first-order chi connectivity index (χ1) is 15.5. The molecule has 10 heteroatoms. The van der Waals surface area contributed by atoms with Crippen molar-refractivity contribution >= 4 is 46.6 Å². The summed E-state index contributed by atoms with van der Waals surface area (Å²) in [4.78, 5) is 31.9. The molecule has 0 saturated carbocycles. The number of thioether (sulfide) groups is 1. The van der Waals surface area contributed by atoms with Gasteiger partial charge in [-0.15, -0.1) is 0 Å². The molecule has 0 spiro atoms. The maximum atomic E-state index is 12.8. The fourth-order valence-electron chi connectivity index (χ4n) is 4.13. The lowest BCUT2D eigenvalue weighted by atomic mass is 10.2. The van der Waals surface area contributed by atoms with Gasteiger partial charge < -0.3 is 10.1 Å². The minimum Gasteiger partial charge on any atom is -0.379 e. The molecule has 1 aliphatic carbocycles. The number of ether oxygens (including phenoxy) is 1. The Hall–Kier alpha value is -1.58. The number of carbonyl (C=O) groups is 1. The summed E-state index contributed by atoms with van der Waals surface area (Å²) in [5.41, 5.74) is 2.43. The van der Waals surface area contributed by atoms with Crippen LogP contribution in [0.2, 0.25) is 10.0 Å². The molecule has 1 amide bonds. The van der Waals surface area contributed by atoms with E-state index in [1.165, 1.54) is 11.8 Å². The number of benzene rings is 1. The molecule has 1 aromatic carbocycles. The van der Waals surface area contributed by atoms with Crippen LogP contribution in [-0.2, 0) is 28.9 Å². The van der Waals surface area contributed by atoms with Crippen molar-refractivity contribution in [2.24, 2.45) is 0 Å². The zero-order valence-corrected chi connectivity index (χ0v) is 20.1. The van der Waals surface area contributed by atoms with Crippen molar-refractivity contribution in [3.63, 3.8) is 0 Å². The second-order valence-electron chi connectivity index (χ2n) is 7.88. The number of anilines is 1. The molecule has 1 aliphatic heterocycles. The summed E-state index contributed by atoms with van der Waals surface area (Å²) in [5, 5.41) is 4.13. The molecule has 0 radical (unpaired) electrons. The summed E-state index contributed by atoms with van der Waals surface area (Å²) in [6.45, 7) is 5.07. The predicted octanol–water partition coefficient (Wildman–Crippen LogP) is 3.49. The fraction of sp³-hybridized carbons (Fsp3) is 0.500. The van der Waals surface area contributed by atoms with Crippen LogP contribution in [0.5, 0.6) is 0 Å². The summed E-state index contributed by atoms with van der Waals surface area (Å²) in [5.74, 6) is -0.0784. The summed E-state index contributed by atoms with van der Waals surface area (Å²) in [6, 6.07) is 5.09. The van der Waals surface area contributed by atoms with Gasteiger partial charge in [-0.3, -0.25) is 14.3 Å². The lowest BCUT2D eigenvalue weighted by Crippen LogP contribution is -2.37. The van der Waals surface area contributed by atoms with Crippen LogP contribution >= 0.6 is 35.0 Å². The molecule has 1 aromatic heterocycles. The topological polar surface area (TPSA) is 76.5 Å². The molecule has 7 nitrogen and oxygen atoms in total. The number of nitrogens with one attached hydrogen (secondary N) is 1. The van der Waals surface area contributed by atoms with E-state index in [-0.39, 0.29) is 17.3 Å². The van der Waals surface area contributed by atoms with E-state index in [1.807, 2.05) is 4.57 Å². The van der Waals surface area contributed by atoms with Gasteiger partial charge in [-0.25, -0.2) is 4.79 Å². The minimum absolute atomic E-state index is 0.142. The average Bonchev–Trinajstić information content (AvgIpc) is 3.28. The van der Waals surface area contributed by atoms with Crippen molar-refractivity contribution in [1.29, 1.82) is 0 Å². The highest BCUT2D eigenvalue weighted by molar-refractivity contribution is 8.00. The Morgan fingerprint density at radius 2 is 2.00 bits per heavy atom. The summed E-state index contributed by atoms with van der Waals surface area (Å²) in [6.07, 6.45) is 3.67. The summed E-state index contributed by atoms with van der Waals surface area (Å²) >= 11 is 13.4. The average molecular weight is 497 g/mol. The molecule has 2 aliphatic rings. The van der Waals surface area contributed by atoms with Crippen LogP contribution in [0.4, 0.5) is 5.69 Å². The van der Waals surface area contributed by atoms with Crippen molar-refractivity contribution in [2.75, 3.05) is 43.9 Å². The number of carbonyl (C=O) groups excluding carboxylic acids is 1. The number of morpholine rings is 1. The van der Waals surface area contributed by atoms with E-state index < -0.39 is 0 Å². The maximum Gasteiger partial charge on any atom is 0.348 e. The Bertz CT molecular complexity index is 1040. The van der Waals surface area contributed by atoms with Gasteiger partial charge in [0.25, 0.3) is 0 Å². The van der Waals surface area contributed by atoms with Crippen LogP contribution < -0.4 is 11.0 Å². The SMILES string of the molecule is O=C(CSc1nc(=O)n(CCCN2CCOCC2)c2c1CCC2)Nc1cccc(Cl)c1Cl. The third-order valence-electron chi connectivity index (χ3n) is 5.73. The second kappa shape index (κ2) is 11.0. The molecule has 1 fully saturated rings. The van der Waals surface area contributed by atoms with Crippen LogP contribution in [0.1, 0.15) is 24.1 Å². The van der Waals surface area contributed by atoms with Crippen LogP contribution in [0.3, 0.4) is 0 Å². The van der Waals surface area contributed by atoms with Crippen molar-refractivity contribution in [2.45, 2.75) is 37.3 Å². The number of halogens is 2. The van der Waals surface area contributed by atoms with Crippen LogP contribution in [-0.4, -0.2) is 59.0 Å². The van der Waals surface area contributed by atoms with Gasteiger partial charge in [-0.1, -0.05) is 41.0 Å². The van der Waals surface area contributed by atoms with E-state index in [0.717, 1.165) is 69.8 Å². The molecule has 172 valence electrons. The van der Waals surface area contributed by atoms with Gasteiger partial charge in [-0.05, 0) is 37.8 Å². The zero-order valence-electron chi connectivity index (χ0n) is 17.7. The quantitative estimate of drug-likeness (QED) is 0.445. The first-order valence-electron chi connectivity index (χ1n) is 10.8. The highest BCUT2D eigenvalue weighted by Crippen LogP contribution is 2.31. The molecule has 2 aromatic rings. The van der Waals surface area contributed by atoms with E-state index in [0.29, 0.717) is 27.3 Å². The lowest BCUT2D eigenvalue weighted by Gasteiger charge is -2.26. The molecule has 2 heterocycles. The number of amides is 1. The van der Waals surface area contributed by atoms with Gasteiger partial charge >= 0.3 is 5.69 Å². The van der Waals surface area contributed by atoms with Crippen LogP contribution in [0.15, 0.2) is 28.0 Å². The largest absolute Gasteiger partial charge is 0.379 e. The maximum absolute atomic E-state index is 12.8. The Morgan fingerprint density at radius 1 is 1.19 bits per heavy atom. The van der Waals surface area contributed by atoms with Gasteiger partial charge in [0.2, 0.25) is 5.91 Å². The number of fused-ring (bicyclic) bond motifs is 1. The number of aromatic nitrogens is 2. The molecule has 0 atom stereocenters. The standard InChI is InChI=1S/C22H26Cl2N4O3S/c23-16-5-2-6-17(20(16)24)25-19(29)14-32-21-15-4-1-7-18(15)28(22(30)26-21)9-3-8-27-10-12-31-13-11-27/h2,5-6H,1,3-4,7-14H2,(H,25,29). The molecule has 0 unspecified atom stereocenters. The second-order valence-corrected chi connectivity index (χ2v) is 9.62. The van der Waals surface area contributed by atoms with Gasteiger partial charge in [0, 0.05) is 37.4 Å². The molecule has 32 heavy (non-hydrogen) atoms. The molecular weight excluding hydrogens is 471 g/mol. The first kappa shape index (κ1) is 23.6. The predicted molar refractivity (Wildman–Crippen MR) is 128 cm³/mol. The molecule has 1 saturated heterocycles. The van der Waals surface area contributed by atoms with E-state index in [2.05, 4.69) is 15.2 Å². The number of nitrogens with zero attached hydrogens (tertiary/aromatic N) is 3. The fourth-order valence-corrected chi connectivity index (χ4v) is 5.36. The Balaban J connectivity index is 1.38. The molecule has 0 bridgehead atoms. The van der Waals surface area contributed by atoms with E-state index >= 15 is 0 Å². The summed E-state index contributed by atoms with van der Waals surface area (Å²) < 4.78 is 7.22. The Kier molecular flexibility index (Phi) is 8.12. The number of hydrogen-bond acceptors (Lipinski definition) is 6. The smallest absolute Gasteiger partial charge is 0.348 e. The highest BCUT2D eigenvalue weighted by atomic mass is 35.5. The van der Waals surface area contributed by atoms with Gasteiger partial charge in [0.05, 0.1) is 34.7 Å². The zero-order chi connectivity index (χ0) is 22.5. The van der Waals surface area contributed by atoms with Crippen molar-refractivity contribution in [3.8, 4) is 0 Å². The van der Waals surface area contributed by atoms with Crippen molar-refractivity contribution < 1.29 is 9.53 Å². The molecular formula is C22H26Cl2N4O3S. The van der Waals surface area contributed by atoms with Gasteiger partial charge in [0.15, 0.2) is 0 Å².